The van der Waals surface area contributed by atoms with Crippen molar-refractivity contribution < 1.29 is 9.59 Å². The van der Waals surface area contributed by atoms with Crippen molar-refractivity contribution in [3.8, 4) is 5.82 Å². The van der Waals surface area contributed by atoms with E-state index in [1.54, 1.807) is 13.0 Å². The van der Waals surface area contributed by atoms with Crippen LogP contribution in [0.25, 0.3) is 16.7 Å². The largest absolute Gasteiger partial charge is 0.300 e. The fourth-order valence-electron chi connectivity index (χ4n) is 2.53. The summed E-state index contributed by atoms with van der Waals surface area (Å²) in [5.41, 5.74) is 0.698. The Morgan fingerprint density at radius 3 is 2.65 bits per heavy atom. The van der Waals surface area contributed by atoms with E-state index in [0.29, 0.717) is 11.5 Å². The first-order valence-corrected chi connectivity index (χ1v) is 7.18. The molecule has 116 valence electrons. The second-order valence-corrected chi connectivity index (χ2v) is 5.42. The van der Waals surface area contributed by atoms with Crippen LogP contribution in [0.2, 0.25) is 0 Å². The van der Waals surface area contributed by atoms with Gasteiger partial charge in [-0.15, -0.1) is 0 Å². The van der Waals surface area contributed by atoms with Gasteiger partial charge in [-0.3, -0.25) is 19.5 Å². The molecular formula is C17H15N3O3. The number of ketones is 2. The molecule has 1 N–H and O–H groups in total. The Bertz CT molecular complexity index is 982. The van der Waals surface area contributed by atoms with Crippen LogP contribution in [0.5, 0.6) is 0 Å². The van der Waals surface area contributed by atoms with Crippen LogP contribution >= 0.6 is 0 Å². The molecule has 0 radical (unpaired) electrons. The van der Waals surface area contributed by atoms with Gasteiger partial charge in [-0.05, 0) is 32.0 Å². The predicted molar refractivity (Wildman–Crippen MR) is 86.1 cm³/mol. The summed E-state index contributed by atoms with van der Waals surface area (Å²) in [4.78, 5) is 40.1. The molecule has 6 nitrogen and oxygen atoms in total. The zero-order chi connectivity index (χ0) is 16.6. The minimum atomic E-state index is -0.489. The topological polar surface area (TPSA) is 84.8 Å². The number of nitrogens with one attached hydrogen (secondary N) is 1. The van der Waals surface area contributed by atoms with E-state index in [1.807, 2.05) is 30.3 Å². The zero-order valence-corrected chi connectivity index (χ0v) is 12.8. The lowest BCUT2D eigenvalue weighted by Crippen LogP contribution is -2.22. The molecule has 0 amide bonds. The molecule has 6 heteroatoms. The van der Waals surface area contributed by atoms with E-state index >= 15 is 0 Å². The summed E-state index contributed by atoms with van der Waals surface area (Å²) >= 11 is 0. The van der Waals surface area contributed by atoms with Crippen molar-refractivity contribution in [2.24, 2.45) is 0 Å². The molecule has 0 bridgehead atoms. The second kappa shape index (κ2) is 5.64. The Kier molecular flexibility index (Phi) is 3.65. The summed E-state index contributed by atoms with van der Waals surface area (Å²) in [5, 5.41) is 3.82. The zero-order valence-electron chi connectivity index (χ0n) is 12.8. The lowest BCUT2D eigenvalue weighted by atomic mass is 10.1. The van der Waals surface area contributed by atoms with Gasteiger partial charge in [0.25, 0.3) is 5.56 Å². The molecule has 0 unspecified atom stereocenters. The second-order valence-electron chi connectivity index (χ2n) is 5.42. The smallest absolute Gasteiger partial charge is 0.283 e. The van der Waals surface area contributed by atoms with Gasteiger partial charge < -0.3 is 0 Å². The van der Waals surface area contributed by atoms with Gasteiger partial charge in [-0.1, -0.05) is 18.2 Å². The normalized spacial score (nSPS) is 10.9. The number of Topliss-reactive ketones (excluding diaryl/α,β-unsaturated/α-hetero) is 2. The monoisotopic (exact) mass is 309 g/mol. The summed E-state index contributed by atoms with van der Waals surface area (Å²) in [6.07, 6.45) is -0.279. The van der Waals surface area contributed by atoms with E-state index in [-0.39, 0.29) is 17.8 Å². The van der Waals surface area contributed by atoms with E-state index in [4.69, 9.17) is 0 Å². The number of aryl methyl sites for hydroxylation is 1. The lowest BCUT2D eigenvalue weighted by molar-refractivity contribution is -0.116. The van der Waals surface area contributed by atoms with Gasteiger partial charge in [0.1, 0.15) is 11.3 Å². The summed E-state index contributed by atoms with van der Waals surface area (Å²) in [5.74, 6) is -0.347. The average molecular weight is 309 g/mol. The van der Waals surface area contributed by atoms with Crippen LogP contribution in [0.1, 0.15) is 29.4 Å². The number of pyridine rings is 1. The van der Waals surface area contributed by atoms with Gasteiger partial charge in [0, 0.05) is 11.1 Å². The maximum absolute atomic E-state index is 12.5. The number of hydrogen-bond donors (Lipinski definition) is 1. The van der Waals surface area contributed by atoms with E-state index < -0.39 is 11.3 Å². The van der Waals surface area contributed by atoms with Crippen LogP contribution in [0.4, 0.5) is 0 Å². The van der Waals surface area contributed by atoms with Crippen molar-refractivity contribution in [2.75, 3.05) is 0 Å². The molecule has 3 rings (SSSR count). The molecule has 2 heterocycles. The maximum Gasteiger partial charge on any atom is 0.283 e. The van der Waals surface area contributed by atoms with Gasteiger partial charge in [-0.25, -0.2) is 9.67 Å². The highest BCUT2D eigenvalue weighted by molar-refractivity contribution is 6.07. The van der Waals surface area contributed by atoms with Crippen LogP contribution in [0, 0.1) is 6.92 Å². The van der Waals surface area contributed by atoms with Crippen molar-refractivity contribution in [1.82, 2.24) is 14.8 Å². The Morgan fingerprint density at radius 1 is 1.17 bits per heavy atom. The minimum absolute atomic E-state index is 0.00941. The van der Waals surface area contributed by atoms with Crippen LogP contribution in [0.3, 0.4) is 0 Å². The highest BCUT2D eigenvalue weighted by Crippen LogP contribution is 2.14. The molecule has 0 saturated carbocycles. The predicted octanol–water partition coefficient (Wildman–Crippen LogP) is 2.18. The van der Waals surface area contributed by atoms with Crippen molar-refractivity contribution in [2.45, 2.75) is 20.3 Å². The van der Waals surface area contributed by atoms with Crippen molar-refractivity contribution in [1.29, 1.82) is 0 Å². The van der Waals surface area contributed by atoms with E-state index in [2.05, 4.69) is 10.1 Å². The first-order valence-electron chi connectivity index (χ1n) is 7.18. The molecule has 0 fully saturated rings. The van der Waals surface area contributed by atoms with Gasteiger partial charge in [0.05, 0.1) is 11.9 Å². The number of hydrogen-bond acceptors (Lipinski definition) is 4. The first-order chi connectivity index (χ1) is 11.0. The van der Waals surface area contributed by atoms with Gasteiger partial charge in [0.15, 0.2) is 11.6 Å². The number of aromatic amines is 1. The molecule has 0 aliphatic rings. The average Bonchev–Trinajstić information content (AvgIpc) is 2.81. The van der Waals surface area contributed by atoms with Gasteiger partial charge in [-0.2, -0.15) is 0 Å². The molecule has 0 spiro atoms. The Hall–Kier alpha value is -3.02. The Morgan fingerprint density at radius 2 is 1.91 bits per heavy atom. The van der Waals surface area contributed by atoms with Crippen LogP contribution in [-0.4, -0.2) is 26.3 Å². The number of rotatable bonds is 4. The number of carbonyl (C=O) groups is 2. The first kappa shape index (κ1) is 14.9. The van der Waals surface area contributed by atoms with Crippen LogP contribution in [-0.2, 0) is 4.79 Å². The van der Waals surface area contributed by atoms with Crippen LogP contribution in [0.15, 0.2) is 41.2 Å². The molecule has 0 aliphatic heterocycles. The number of benzene rings is 1. The number of H-pyrrole nitrogens is 1. The molecule has 2 aromatic heterocycles. The number of carbonyl (C=O) groups excluding carboxylic acids is 2. The fourth-order valence-corrected chi connectivity index (χ4v) is 2.53. The summed E-state index contributed by atoms with van der Waals surface area (Å²) in [6, 6.07) is 11.1. The molecule has 3 aromatic rings. The summed E-state index contributed by atoms with van der Waals surface area (Å²) in [6.45, 7) is 2.95. The lowest BCUT2D eigenvalue weighted by Gasteiger charge is -2.02. The molecule has 0 atom stereocenters. The van der Waals surface area contributed by atoms with E-state index in [0.717, 1.165) is 10.9 Å². The van der Waals surface area contributed by atoms with Crippen LogP contribution < -0.4 is 5.56 Å². The van der Waals surface area contributed by atoms with E-state index in [9.17, 15) is 14.4 Å². The third kappa shape index (κ3) is 2.70. The quantitative estimate of drug-likeness (QED) is 0.591. The third-order valence-electron chi connectivity index (χ3n) is 3.57. The Balaban J connectivity index is 2.11. The fraction of sp³-hybridized carbons (Fsp3) is 0.176. The number of nitrogens with zero attached hydrogens (tertiary/aromatic N) is 2. The van der Waals surface area contributed by atoms with Crippen molar-refractivity contribution >= 4 is 22.5 Å². The highest BCUT2D eigenvalue weighted by atomic mass is 16.2. The summed E-state index contributed by atoms with van der Waals surface area (Å²) < 4.78 is 1.23. The SMILES string of the molecule is CC(=O)CC(=O)c1c(C)[nH]n(-c2ccc3ccccc3n2)c1=O. The molecule has 0 aliphatic carbocycles. The standard InChI is InChI=1S/C17H15N3O3/c1-10(21)9-14(22)16-11(2)19-20(17(16)23)15-8-7-12-5-3-4-6-13(12)18-15/h3-8,19H,9H2,1-2H3. The van der Waals surface area contributed by atoms with Crippen molar-refractivity contribution in [3.63, 3.8) is 0 Å². The van der Waals surface area contributed by atoms with E-state index in [1.165, 1.54) is 11.6 Å². The number of para-hydroxylation sites is 1. The number of fused-ring (bicyclic) bond motifs is 1. The van der Waals surface area contributed by atoms with Gasteiger partial charge >= 0.3 is 0 Å². The third-order valence-corrected chi connectivity index (χ3v) is 3.57. The maximum atomic E-state index is 12.5. The highest BCUT2D eigenvalue weighted by Gasteiger charge is 2.20. The number of aromatic nitrogens is 3. The molecule has 1 aromatic carbocycles. The van der Waals surface area contributed by atoms with Crippen molar-refractivity contribution in [3.05, 3.63) is 58.0 Å². The molecular weight excluding hydrogens is 294 g/mol. The summed E-state index contributed by atoms with van der Waals surface area (Å²) in [7, 11) is 0. The Labute approximate surface area is 131 Å². The van der Waals surface area contributed by atoms with Gasteiger partial charge in [0.2, 0.25) is 0 Å². The molecule has 23 heavy (non-hydrogen) atoms. The minimum Gasteiger partial charge on any atom is -0.300 e. The molecule has 0 saturated heterocycles.